The molecule has 9 nitrogen and oxygen atoms in total. The minimum absolute atomic E-state index is 0.197. The number of H-pyrrole nitrogens is 1. The van der Waals surface area contributed by atoms with Crippen LogP contribution in [0.2, 0.25) is 0 Å². The highest BCUT2D eigenvalue weighted by atomic mass is 16.3. The summed E-state index contributed by atoms with van der Waals surface area (Å²) in [6.07, 6.45) is 6.33. The lowest BCUT2D eigenvalue weighted by molar-refractivity contribution is 0.0935. The molecule has 1 unspecified atom stereocenters. The molecule has 0 saturated carbocycles. The lowest BCUT2D eigenvalue weighted by Crippen LogP contribution is -2.26. The minimum Gasteiger partial charge on any atom is -0.446 e. The monoisotopic (exact) mass is 389 g/mol. The van der Waals surface area contributed by atoms with Gasteiger partial charge >= 0.3 is 0 Å². The summed E-state index contributed by atoms with van der Waals surface area (Å²) in [4.78, 5) is 23.5. The molecule has 146 valence electrons. The summed E-state index contributed by atoms with van der Waals surface area (Å²) in [5.74, 6) is 1.77. The second-order valence-corrected chi connectivity index (χ2v) is 6.39. The van der Waals surface area contributed by atoms with E-state index < -0.39 is 0 Å². The molecular weight excluding hydrogens is 370 g/mol. The third-order valence-corrected chi connectivity index (χ3v) is 4.30. The van der Waals surface area contributed by atoms with Gasteiger partial charge in [-0.3, -0.25) is 9.78 Å². The molecule has 1 atom stereocenters. The fourth-order valence-corrected chi connectivity index (χ4v) is 2.76. The molecule has 0 aliphatic carbocycles. The van der Waals surface area contributed by atoms with Crippen LogP contribution in [0.15, 0.2) is 65.8 Å². The molecule has 0 radical (unpaired) electrons. The molecule has 3 N–H and O–H groups in total. The molecule has 4 rings (SSSR count). The summed E-state index contributed by atoms with van der Waals surface area (Å²) in [7, 11) is 0. The highest BCUT2D eigenvalue weighted by Crippen LogP contribution is 2.16. The maximum absolute atomic E-state index is 12.5. The maximum Gasteiger partial charge on any atom is 0.251 e. The summed E-state index contributed by atoms with van der Waals surface area (Å²) in [5, 5.41) is 14.4. The predicted octanol–water partition coefficient (Wildman–Crippen LogP) is 2.96. The first-order valence-corrected chi connectivity index (χ1v) is 9.04. The Labute approximate surface area is 166 Å². The molecule has 0 aliphatic rings. The zero-order valence-corrected chi connectivity index (χ0v) is 15.7. The second kappa shape index (κ2) is 8.34. The summed E-state index contributed by atoms with van der Waals surface area (Å²) < 4.78 is 5.22. The number of aromatic nitrogens is 5. The fraction of sp³-hybridized carbons (Fsp3) is 0.150. The van der Waals surface area contributed by atoms with E-state index in [1.165, 1.54) is 6.39 Å². The van der Waals surface area contributed by atoms with Crippen molar-refractivity contribution in [2.24, 2.45) is 0 Å². The maximum atomic E-state index is 12.5. The summed E-state index contributed by atoms with van der Waals surface area (Å²) in [6, 6.07) is 10.7. The molecule has 0 spiro atoms. The summed E-state index contributed by atoms with van der Waals surface area (Å²) in [5.41, 5.74) is 2.25. The zero-order valence-electron chi connectivity index (χ0n) is 15.7. The van der Waals surface area contributed by atoms with Crippen LogP contribution in [-0.4, -0.2) is 31.1 Å². The van der Waals surface area contributed by atoms with Gasteiger partial charge in [0.15, 0.2) is 12.2 Å². The van der Waals surface area contributed by atoms with Gasteiger partial charge in [-0.15, -0.1) is 10.2 Å². The normalized spacial score (nSPS) is 11.8. The van der Waals surface area contributed by atoms with E-state index >= 15 is 0 Å². The Hall–Kier alpha value is -4.01. The lowest BCUT2D eigenvalue weighted by Gasteiger charge is -2.12. The number of carbonyl (C=O) groups is 1. The Bertz CT molecular complexity index is 1080. The molecule has 0 aliphatic heterocycles. The van der Waals surface area contributed by atoms with Crippen LogP contribution in [0.5, 0.6) is 0 Å². The van der Waals surface area contributed by atoms with Crippen molar-refractivity contribution in [1.29, 1.82) is 0 Å². The van der Waals surface area contributed by atoms with Gasteiger partial charge in [-0.1, -0.05) is 6.07 Å². The van der Waals surface area contributed by atoms with Crippen molar-refractivity contribution < 1.29 is 9.21 Å². The number of hydrogen-bond donors (Lipinski definition) is 3. The predicted molar refractivity (Wildman–Crippen MR) is 106 cm³/mol. The van der Waals surface area contributed by atoms with Gasteiger partial charge in [-0.2, -0.15) is 0 Å². The van der Waals surface area contributed by atoms with Crippen molar-refractivity contribution in [3.05, 3.63) is 78.5 Å². The van der Waals surface area contributed by atoms with Crippen molar-refractivity contribution in [2.45, 2.75) is 19.5 Å². The summed E-state index contributed by atoms with van der Waals surface area (Å²) >= 11 is 0. The number of amides is 1. The van der Waals surface area contributed by atoms with E-state index in [-0.39, 0.29) is 11.9 Å². The van der Waals surface area contributed by atoms with E-state index in [0.717, 1.165) is 11.3 Å². The number of carbonyl (C=O) groups excluding carboxylic acids is 1. The van der Waals surface area contributed by atoms with Gasteiger partial charge in [0.05, 0.1) is 18.8 Å². The molecule has 29 heavy (non-hydrogen) atoms. The van der Waals surface area contributed by atoms with Crippen LogP contribution >= 0.6 is 0 Å². The molecule has 0 bridgehead atoms. The Balaban J connectivity index is 1.38. The number of oxazole rings is 1. The number of nitrogens with zero attached hydrogens (tertiary/aromatic N) is 4. The molecule has 0 fully saturated rings. The molecule has 9 heteroatoms. The molecule has 1 aromatic carbocycles. The SMILES string of the molecule is CC(NC(=O)c1cccc(NCc2nnc(-c3ccncc3)[nH]2)c1)c1cnco1. The standard InChI is InChI=1S/C20H19N7O2/c1-13(17-10-22-12-29-17)24-20(28)15-3-2-4-16(9-15)23-11-18-25-19(27-26-18)14-5-7-21-8-6-14/h2-10,12-13,23H,11H2,1H3,(H,24,28)(H,25,26,27). The van der Waals surface area contributed by atoms with Gasteiger partial charge in [0, 0.05) is 29.2 Å². The fourth-order valence-electron chi connectivity index (χ4n) is 2.76. The zero-order chi connectivity index (χ0) is 20.1. The van der Waals surface area contributed by atoms with Gasteiger partial charge in [0.1, 0.15) is 11.6 Å². The second-order valence-electron chi connectivity index (χ2n) is 6.39. The van der Waals surface area contributed by atoms with Gasteiger partial charge < -0.3 is 20.0 Å². The highest BCUT2D eigenvalue weighted by Gasteiger charge is 2.14. The van der Waals surface area contributed by atoms with Crippen LogP contribution < -0.4 is 10.6 Å². The first-order chi connectivity index (χ1) is 14.2. The van der Waals surface area contributed by atoms with Crippen LogP contribution in [0.25, 0.3) is 11.4 Å². The Morgan fingerprint density at radius 2 is 2.03 bits per heavy atom. The van der Waals surface area contributed by atoms with Crippen molar-refractivity contribution in [1.82, 2.24) is 30.5 Å². The Morgan fingerprint density at radius 1 is 1.17 bits per heavy atom. The Morgan fingerprint density at radius 3 is 2.83 bits per heavy atom. The van der Waals surface area contributed by atoms with Gasteiger partial charge in [-0.25, -0.2) is 4.98 Å². The molecular formula is C20H19N7O2. The first-order valence-electron chi connectivity index (χ1n) is 9.04. The minimum atomic E-state index is -0.276. The van der Waals surface area contributed by atoms with E-state index in [2.05, 4.69) is 35.8 Å². The van der Waals surface area contributed by atoms with Crippen molar-refractivity contribution in [3.63, 3.8) is 0 Å². The topological polar surface area (TPSA) is 122 Å². The van der Waals surface area contributed by atoms with Crippen molar-refractivity contribution in [3.8, 4) is 11.4 Å². The molecule has 4 aromatic rings. The largest absolute Gasteiger partial charge is 0.446 e. The molecule has 0 saturated heterocycles. The van der Waals surface area contributed by atoms with Crippen LogP contribution in [0, 0.1) is 0 Å². The van der Waals surface area contributed by atoms with Crippen molar-refractivity contribution >= 4 is 11.6 Å². The van der Waals surface area contributed by atoms with Gasteiger partial charge in [-0.05, 0) is 37.3 Å². The number of benzene rings is 1. The Kier molecular flexibility index (Phi) is 5.28. The number of anilines is 1. The average molecular weight is 389 g/mol. The number of hydrogen-bond acceptors (Lipinski definition) is 7. The quantitative estimate of drug-likeness (QED) is 0.444. The van der Waals surface area contributed by atoms with Crippen molar-refractivity contribution in [2.75, 3.05) is 5.32 Å². The number of pyridine rings is 1. The third-order valence-electron chi connectivity index (χ3n) is 4.30. The number of rotatable bonds is 7. The number of nitrogens with one attached hydrogen (secondary N) is 3. The lowest BCUT2D eigenvalue weighted by atomic mass is 10.1. The van der Waals surface area contributed by atoms with E-state index in [4.69, 9.17) is 4.42 Å². The van der Waals surface area contributed by atoms with Crippen LogP contribution in [0.4, 0.5) is 5.69 Å². The highest BCUT2D eigenvalue weighted by molar-refractivity contribution is 5.95. The van der Waals surface area contributed by atoms with E-state index in [9.17, 15) is 4.79 Å². The average Bonchev–Trinajstić information content (AvgIpc) is 3.45. The van der Waals surface area contributed by atoms with E-state index in [1.54, 1.807) is 30.7 Å². The smallest absolute Gasteiger partial charge is 0.251 e. The first kappa shape index (κ1) is 18.4. The number of aromatic amines is 1. The van der Waals surface area contributed by atoms with Crippen LogP contribution in [0.1, 0.15) is 34.9 Å². The van der Waals surface area contributed by atoms with Gasteiger partial charge in [0.2, 0.25) is 0 Å². The summed E-state index contributed by atoms with van der Waals surface area (Å²) in [6.45, 7) is 2.28. The van der Waals surface area contributed by atoms with Crippen LogP contribution in [0.3, 0.4) is 0 Å². The molecule has 1 amide bonds. The van der Waals surface area contributed by atoms with E-state index in [0.29, 0.717) is 29.5 Å². The molecule has 3 heterocycles. The van der Waals surface area contributed by atoms with Crippen LogP contribution in [-0.2, 0) is 6.54 Å². The molecule has 3 aromatic heterocycles. The van der Waals surface area contributed by atoms with Gasteiger partial charge in [0.25, 0.3) is 5.91 Å². The van der Waals surface area contributed by atoms with E-state index in [1.807, 2.05) is 31.2 Å². The third kappa shape index (κ3) is 4.46.